The largest absolute Gasteiger partial charge is 0.471 e. The lowest BCUT2D eigenvalue weighted by Gasteiger charge is -2.23. The van der Waals surface area contributed by atoms with Crippen molar-refractivity contribution in [1.29, 1.82) is 0 Å². The van der Waals surface area contributed by atoms with E-state index in [0.29, 0.717) is 12.0 Å². The van der Waals surface area contributed by atoms with Crippen molar-refractivity contribution in [1.82, 2.24) is 4.90 Å². The van der Waals surface area contributed by atoms with Crippen LogP contribution in [0.25, 0.3) is 0 Å². The van der Waals surface area contributed by atoms with Crippen molar-refractivity contribution in [3.8, 4) is 0 Å². The number of nitrogens with zero attached hydrogens (tertiary/aromatic N) is 1. The molecule has 0 unspecified atom stereocenters. The standard InChI is InChI=1S/C13H17BrF3NO/c1-4-8-18(12(19)13(15,16)17)9-10(3)6-7-11(14)5-2/h5-7H,2,4,8-9H2,1,3H3/b10-6+,11-7+. The smallest absolute Gasteiger partial charge is 0.331 e. The summed E-state index contributed by atoms with van der Waals surface area (Å²) in [5.41, 5.74) is 0.657. The summed E-state index contributed by atoms with van der Waals surface area (Å²) < 4.78 is 37.9. The summed E-state index contributed by atoms with van der Waals surface area (Å²) in [5, 5.41) is 0. The van der Waals surface area contributed by atoms with Crippen LogP contribution in [-0.2, 0) is 4.79 Å². The van der Waals surface area contributed by atoms with Crippen LogP contribution in [0.5, 0.6) is 0 Å². The van der Waals surface area contributed by atoms with Gasteiger partial charge in [-0.3, -0.25) is 4.79 Å². The maximum Gasteiger partial charge on any atom is 0.471 e. The van der Waals surface area contributed by atoms with Crippen molar-refractivity contribution in [3.63, 3.8) is 0 Å². The first-order chi connectivity index (χ1) is 8.72. The van der Waals surface area contributed by atoms with Crippen LogP contribution in [0.2, 0.25) is 0 Å². The van der Waals surface area contributed by atoms with E-state index < -0.39 is 12.1 Å². The highest BCUT2D eigenvalue weighted by Crippen LogP contribution is 2.19. The van der Waals surface area contributed by atoms with E-state index in [1.807, 2.05) is 0 Å². The number of amides is 1. The molecule has 0 heterocycles. The molecule has 0 N–H and O–H groups in total. The molecule has 0 aromatic carbocycles. The number of carbonyl (C=O) groups is 1. The van der Waals surface area contributed by atoms with Gasteiger partial charge < -0.3 is 4.90 Å². The average Bonchev–Trinajstić information content (AvgIpc) is 2.33. The van der Waals surface area contributed by atoms with Crippen molar-refractivity contribution in [2.75, 3.05) is 13.1 Å². The molecule has 0 bridgehead atoms. The predicted molar refractivity (Wildman–Crippen MR) is 73.9 cm³/mol. The van der Waals surface area contributed by atoms with Gasteiger partial charge in [0.05, 0.1) is 0 Å². The third-order valence-corrected chi connectivity index (χ3v) is 2.77. The topological polar surface area (TPSA) is 20.3 Å². The molecule has 0 atom stereocenters. The number of carbonyl (C=O) groups excluding carboxylic acids is 1. The van der Waals surface area contributed by atoms with Crippen molar-refractivity contribution < 1.29 is 18.0 Å². The quantitative estimate of drug-likeness (QED) is 0.664. The molecule has 0 aliphatic heterocycles. The Morgan fingerprint density at radius 1 is 1.37 bits per heavy atom. The number of allylic oxidation sites excluding steroid dienone is 4. The Balaban J connectivity index is 4.86. The molecule has 0 aromatic rings. The van der Waals surface area contributed by atoms with Crippen LogP contribution >= 0.6 is 15.9 Å². The molecule has 2 nitrogen and oxygen atoms in total. The first-order valence-electron chi connectivity index (χ1n) is 5.73. The highest BCUT2D eigenvalue weighted by atomic mass is 79.9. The summed E-state index contributed by atoms with van der Waals surface area (Å²) in [4.78, 5) is 12.0. The minimum Gasteiger partial charge on any atom is -0.331 e. The second-order valence-electron chi connectivity index (χ2n) is 3.99. The lowest BCUT2D eigenvalue weighted by molar-refractivity contribution is -0.185. The van der Waals surface area contributed by atoms with E-state index in [2.05, 4.69) is 22.5 Å². The van der Waals surface area contributed by atoms with Crippen LogP contribution in [0.3, 0.4) is 0 Å². The van der Waals surface area contributed by atoms with Gasteiger partial charge in [0.25, 0.3) is 0 Å². The van der Waals surface area contributed by atoms with Gasteiger partial charge in [-0.2, -0.15) is 13.2 Å². The van der Waals surface area contributed by atoms with Gasteiger partial charge >= 0.3 is 12.1 Å². The van der Waals surface area contributed by atoms with E-state index >= 15 is 0 Å². The number of hydrogen-bond donors (Lipinski definition) is 0. The van der Waals surface area contributed by atoms with E-state index in [1.165, 1.54) is 0 Å². The highest BCUT2D eigenvalue weighted by Gasteiger charge is 2.42. The fourth-order valence-electron chi connectivity index (χ4n) is 1.35. The maximum atomic E-state index is 12.4. The number of hydrogen-bond acceptors (Lipinski definition) is 1. The summed E-state index contributed by atoms with van der Waals surface area (Å²) in [7, 11) is 0. The molecule has 0 aromatic heterocycles. The summed E-state index contributed by atoms with van der Waals surface area (Å²) >= 11 is 3.20. The Hall–Kier alpha value is -1.04. The fraction of sp³-hybridized carbons (Fsp3) is 0.462. The second kappa shape index (κ2) is 8.19. The third kappa shape index (κ3) is 7.20. The normalized spacial score (nSPS) is 13.4. The van der Waals surface area contributed by atoms with E-state index in [1.54, 1.807) is 32.1 Å². The Labute approximate surface area is 119 Å². The summed E-state index contributed by atoms with van der Waals surface area (Å²) in [5.74, 6) is -1.80. The van der Waals surface area contributed by atoms with Crippen molar-refractivity contribution >= 4 is 21.8 Å². The lowest BCUT2D eigenvalue weighted by atomic mass is 10.2. The Kier molecular flexibility index (Phi) is 7.75. The molecule has 19 heavy (non-hydrogen) atoms. The zero-order chi connectivity index (χ0) is 15.1. The molecule has 0 rings (SSSR count). The van der Waals surface area contributed by atoms with Crippen molar-refractivity contribution in [2.24, 2.45) is 0 Å². The summed E-state index contributed by atoms with van der Waals surface area (Å²) in [6.45, 7) is 6.97. The van der Waals surface area contributed by atoms with Crippen LogP contribution in [-0.4, -0.2) is 30.1 Å². The summed E-state index contributed by atoms with van der Waals surface area (Å²) in [6, 6.07) is 0. The van der Waals surface area contributed by atoms with Crippen LogP contribution in [0.4, 0.5) is 13.2 Å². The molecule has 0 radical (unpaired) electrons. The van der Waals surface area contributed by atoms with Crippen LogP contribution in [0.1, 0.15) is 20.3 Å². The lowest BCUT2D eigenvalue weighted by Crippen LogP contribution is -2.42. The maximum absolute atomic E-state index is 12.4. The Morgan fingerprint density at radius 3 is 2.37 bits per heavy atom. The zero-order valence-electron chi connectivity index (χ0n) is 10.9. The first-order valence-corrected chi connectivity index (χ1v) is 6.53. The predicted octanol–water partition coefficient (Wildman–Crippen LogP) is 4.20. The molecule has 0 aliphatic carbocycles. The van der Waals surface area contributed by atoms with E-state index in [4.69, 9.17) is 0 Å². The molecule has 0 fully saturated rings. The minimum atomic E-state index is -4.83. The molecular weight excluding hydrogens is 323 g/mol. The van der Waals surface area contributed by atoms with Crippen LogP contribution in [0, 0.1) is 0 Å². The number of halogens is 4. The average molecular weight is 340 g/mol. The minimum absolute atomic E-state index is 0.0416. The van der Waals surface area contributed by atoms with Gasteiger partial charge in [0, 0.05) is 17.6 Å². The molecule has 0 saturated carbocycles. The van der Waals surface area contributed by atoms with E-state index in [0.717, 1.165) is 9.38 Å². The van der Waals surface area contributed by atoms with Gasteiger partial charge in [0.2, 0.25) is 0 Å². The van der Waals surface area contributed by atoms with Gasteiger partial charge in [0.1, 0.15) is 0 Å². The number of alkyl halides is 3. The zero-order valence-corrected chi connectivity index (χ0v) is 12.5. The Bertz CT molecular complexity index is 386. The molecule has 0 aliphatic rings. The molecule has 108 valence electrons. The summed E-state index contributed by atoms with van der Waals surface area (Å²) in [6.07, 6.45) is 0.533. The fourth-order valence-corrected chi connectivity index (χ4v) is 1.48. The van der Waals surface area contributed by atoms with E-state index in [9.17, 15) is 18.0 Å². The van der Waals surface area contributed by atoms with Crippen LogP contribution < -0.4 is 0 Å². The number of rotatable bonds is 6. The van der Waals surface area contributed by atoms with E-state index in [-0.39, 0.29) is 13.1 Å². The molecule has 0 saturated heterocycles. The third-order valence-electron chi connectivity index (χ3n) is 2.19. The van der Waals surface area contributed by atoms with Gasteiger partial charge in [-0.25, -0.2) is 0 Å². The van der Waals surface area contributed by atoms with Gasteiger partial charge in [-0.1, -0.05) is 47.2 Å². The van der Waals surface area contributed by atoms with Crippen LogP contribution in [0.15, 0.2) is 34.9 Å². The van der Waals surface area contributed by atoms with Gasteiger partial charge in [-0.15, -0.1) is 0 Å². The van der Waals surface area contributed by atoms with Gasteiger partial charge in [-0.05, 0) is 19.4 Å². The monoisotopic (exact) mass is 339 g/mol. The van der Waals surface area contributed by atoms with Crippen molar-refractivity contribution in [3.05, 3.63) is 34.9 Å². The molecule has 0 spiro atoms. The Morgan fingerprint density at radius 2 is 1.95 bits per heavy atom. The molecule has 6 heteroatoms. The SMILES string of the molecule is C=C/C(Br)=C\C=C(/C)CN(CCC)C(=O)C(F)(F)F. The van der Waals surface area contributed by atoms with Gasteiger partial charge in [0.15, 0.2) is 0 Å². The second-order valence-corrected chi connectivity index (χ2v) is 4.91. The molecule has 1 amide bonds. The highest BCUT2D eigenvalue weighted by molar-refractivity contribution is 9.11. The first kappa shape index (κ1) is 18.0. The molecular formula is C13H17BrF3NO. The van der Waals surface area contributed by atoms with Crippen molar-refractivity contribution in [2.45, 2.75) is 26.4 Å².